The fourth-order valence-corrected chi connectivity index (χ4v) is 2.83. The molecule has 0 bridgehead atoms. The number of benzene rings is 1. The van der Waals surface area contributed by atoms with Crippen molar-refractivity contribution < 1.29 is 13.9 Å². The van der Waals surface area contributed by atoms with Crippen molar-refractivity contribution in [2.75, 3.05) is 18.2 Å². The molecule has 0 radical (unpaired) electrons. The van der Waals surface area contributed by atoms with E-state index >= 15 is 0 Å². The molecule has 2 rings (SSSR count). The first-order valence-corrected chi connectivity index (χ1v) is 7.86. The van der Waals surface area contributed by atoms with Crippen molar-refractivity contribution in [2.24, 2.45) is 0 Å². The van der Waals surface area contributed by atoms with E-state index in [1.165, 1.54) is 6.07 Å². The molecule has 0 aliphatic carbocycles. The highest BCUT2D eigenvalue weighted by Gasteiger charge is 2.23. The van der Waals surface area contributed by atoms with Crippen molar-refractivity contribution in [3.05, 3.63) is 30.1 Å². The summed E-state index contributed by atoms with van der Waals surface area (Å²) >= 11 is 1.70. The Morgan fingerprint density at radius 1 is 1.57 bits per heavy atom. The second kappa shape index (κ2) is 9.12. The Labute approximate surface area is 134 Å². The van der Waals surface area contributed by atoms with Crippen LogP contribution >= 0.6 is 24.2 Å². The topological polar surface area (TPSA) is 50.4 Å². The minimum Gasteiger partial charge on any atom is -0.486 e. The van der Waals surface area contributed by atoms with Crippen LogP contribution in [0.15, 0.2) is 24.3 Å². The van der Waals surface area contributed by atoms with Crippen LogP contribution in [0.2, 0.25) is 0 Å². The van der Waals surface area contributed by atoms with Gasteiger partial charge in [0.2, 0.25) is 5.91 Å². The molecule has 1 amide bonds. The zero-order chi connectivity index (χ0) is 14.4. The maximum Gasteiger partial charge on any atom is 0.238 e. The SMILES string of the molecule is CCC(CNC(=O)C1CSCN1)Oc1ccccc1F.Cl. The molecule has 118 valence electrons. The normalized spacial score (nSPS) is 18.7. The highest BCUT2D eigenvalue weighted by Crippen LogP contribution is 2.18. The molecule has 2 atom stereocenters. The van der Waals surface area contributed by atoms with Gasteiger partial charge in [0.05, 0.1) is 12.6 Å². The van der Waals surface area contributed by atoms with Crippen LogP contribution in [0.3, 0.4) is 0 Å². The molecule has 1 aliphatic heterocycles. The fraction of sp³-hybridized carbons (Fsp3) is 0.500. The smallest absolute Gasteiger partial charge is 0.238 e. The second-order valence-corrected chi connectivity index (χ2v) is 5.63. The number of thioether (sulfide) groups is 1. The van der Waals surface area contributed by atoms with Crippen molar-refractivity contribution in [3.8, 4) is 5.75 Å². The Hall–Kier alpha value is -0.980. The van der Waals surface area contributed by atoms with Crippen LogP contribution in [0.25, 0.3) is 0 Å². The van der Waals surface area contributed by atoms with Crippen molar-refractivity contribution in [2.45, 2.75) is 25.5 Å². The highest BCUT2D eigenvalue weighted by atomic mass is 35.5. The largest absolute Gasteiger partial charge is 0.486 e. The van der Waals surface area contributed by atoms with E-state index in [-0.39, 0.29) is 42.0 Å². The van der Waals surface area contributed by atoms with Crippen molar-refractivity contribution in [1.82, 2.24) is 10.6 Å². The number of rotatable bonds is 6. The summed E-state index contributed by atoms with van der Waals surface area (Å²) in [6, 6.07) is 6.17. The van der Waals surface area contributed by atoms with E-state index in [2.05, 4.69) is 10.6 Å². The van der Waals surface area contributed by atoms with Crippen LogP contribution in [0.4, 0.5) is 4.39 Å². The second-order valence-electron chi connectivity index (χ2n) is 4.60. The Balaban J connectivity index is 0.00000220. The van der Waals surface area contributed by atoms with Gasteiger partial charge in [-0.2, -0.15) is 0 Å². The molecule has 1 aromatic rings. The molecule has 1 aliphatic rings. The number of ether oxygens (including phenoxy) is 1. The Morgan fingerprint density at radius 3 is 2.95 bits per heavy atom. The molecule has 1 fully saturated rings. The van der Waals surface area contributed by atoms with Crippen LogP contribution in [0, 0.1) is 5.82 Å². The Morgan fingerprint density at radius 2 is 2.33 bits per heavy atom. The van der Waals surface area contributed by atoms with Gasteiger partial charge in [-0.25, -0.2) is 4.39 Å². The average Bonchev–Trinajstić information content (AvgIpc) is 2.99. The summed E-state index contributed by atoms with van der Waals surface area (Å²) in [5.41, 5.74) is 0. The minimum absolute atomic E-state index is 0. The molecule has 4 nitrogen and oxygen atoms in total. The molecule has 1 saturated heterocycles. The first kappa shape index (κ1) is 18.1. The third-order valence-electron chi connectivity index (χ3n) is 3.12. The number of hydrogen-bond acceptors (Lipinski definition) is 4. The number of carbonyl (C=O) groups is 1. The third-order valence-corrected chi connectivity index (χ3v) is 4.06. The molecule has 7 heteroatoms. The average molecular weight is 335 g/mol. The van der Waals surface area contributed by atoms with Crippen molar-refractivity contribution in [1.29, 1.82) is 0 Å². The van der Waals surface area contributed by atoms with Gasteiger partial charge in [0.15, 0.2) is 11.6 Å². The quantitative estimate of drug-likeness (QED) is 0.837. The number of hydrogen-bond donors (Lipinski definition) is 2. The standard InChI is InChI=1S/C14H19FN2O2S.ClH/c1-2-10(19-13-6-4-3-5-11(13)15)7-16-14(18)12-8-20-9-17-12;/h3-6,10,12,17H,2,7-9H2,1H3,(H,16,18);1H. The summed E-state index contributed by atoms with van der Waals surface area (Å²) < 4.78 is 19.1. The Bertz CT molecular complexity index is 458. The number of para-hydroxylation sites is 1. The molecule has 2 unspecified atom stereocenters. The van der Waals surface area contributed by atoms with Gasteiger partial charge in [-0.05, 0) is 18.6 Å². The van der Waals surface area contributed by atoms with Gasteiger partial charge >= 0.3 is 0 Å². The molecular formula is C14H20ClFN2O2S. The predicted molar refractivity (Wildman–Crippen MR) is 85.6 cm³/mol. The molecule has 0 aromatic heterocycles. The van der Waals surface area contributed by atoms with E-state index in [4.69, 9.17) is 4.74 Å². The van der Waals surface area contributed by atoms with Crippen LogP contribution in [0.5, 0.6) is 5.75 Å². The molecule has 1 aromatic carbocycles. The zero-order valence-electron chi connectivity index (χ0n) is 11.8. The van der Waals surface area contributed by atoms with Gasteiger partial charge in [-0.1, -0.05) is 19.1 Å². The summed E-state index contributed by atoms with van der Waals surface area (Å²) in [7, 11) is 0. The molecular weight excluding hydrogens is 315 g/mol. The van der Waals surface area contributed by atoms with Crippen molar-refractivity contribution >= 4 is 30.1 Å². The summed E-state index contributed by atoms with van der Waals surface area (Å²) in [6.07, 6.45) is 0.464. The molecule has 2 N–H and O–H groups in total. The highest BCUT2D eigenvalue weighted by molar-refractivity contribution is 7.99. The lowest BCUT2D eigenvalue weighted by Crippen LogP contribution is -2.45. The van der Waals surface area contributed by atoms with Crippen LogP contribution in [-0.4, -0.2) is 36.2 Å². The van der Waals surface area contributed by atoms with E-state index in [1.807, 2.05) is 6.92 Å². The van der Waals surface area contributed by atoms with Crippen LogP contribution < -0.4 is 15.4 Å². The fourth-order valence-electron chi connectivity index (χ4n) is 1.89. The molecule has 21 heavy (non-hydrogen) atoms. The van der Waals surface area contributed by atoms with Gasteiger partial charge in [0.25, 0.3) is 0 Å². The van der Waals surface area contributed by atoms with Crippen molar-refractivity contribution in [3.63, 3.8) is 0 Å². The van der Waals surface area contributed by atoms with Crippen LogP contribution in [0.1, 0.15) is 13.3 Å². The van der Waals surface area contributed by atoms with E-state index < -0.39 is 0 Å². The van der Waals surface area contributed by atoms with Gasteiger partial charge < -0.3 is 10.1 Å². The number of nitrogens with one attached hydrogen (secondary N) is 2. The number of carbonyl (C=O) groups excluding carboxylic acids is 1. The first-order chi connectivity index (χ1) is 9.70. The van der Waals surface area contributed by atoms with E-state index in [0.29, 0.717) is 13.0 Å². The first-order valence-electron chi connectivity index (χ1n) is 6.70. The molecule has 0 spiro atoms. The van der Waals surface area contributed by atoms with Gasteiger partial charge in [0, 0.05) is 11.6 Å². The molecule has 1 heterocycles. The van der Waals surface area contributed by atoms with E-state index in [1.54, 1.807) is 30.0 Å². The Kier molecular flexibility index (Phi) is 7.85. The zero-order valence-corrected chi connectivity index (χ0v) is 13.4. The summed E-state index contributed by atoms with van der Waals surface area (Å²) in [4.78, 5) is 11.9. The maximum atomic E-state index is 13.5. The lowest BCUT2D eigenvalue weighted by Gasteiger charge is -2.19. The number of amides is 1. The summed E-state index contributed by atoms with van der Waals surface area (Å²) in [5.74, 6) is 1.41. The van der Waals surface area contributed by atoms with Gasteiger partial charge in [0.1, 0.15) is 6.10 Å². The third kappa shape index (κ3) is 5.37. The molecule has 0 saturated carbocycles. The summed E-state index contributed by atoms with van der Waals surface area (Å²) in [5, 5.41) is 5.96. The van der Waals surface area contributed by atoms with Gasteiger partial charge in [-0.3, -0.25) is 10.1 Å². The van der Waals surface area contributed by atoms with Crippen LogP contribution in [-0.2, 0) is 4.79 Å². The van der Waals surface area contributed by atoms with Gasteiger partial charge in [-0.15, -0.1) is 24.2 Å². The number of halogens is 2. The monoisotopic (exact) mass is 334 g/mol. The predicted octanol–water partition coefficient (Wildman–Crippen LogP) is 2.18. The lowest BCUT2D eigenvalue weighted by molar-refractivity contribution is -0.122. The maximum absolute atomic E-state index is 13.5. The lowest BCUT2D eigenvalue weighted by atomic mass is 10.2. The summed E-state index contributed by atoms with van der Waals surface area (Å²) in [6.45, 7) is 2.33. The van der Waals surface area contributed by atoms with E-state index in [0.717, 1.165) is 11.6 Å². The van der Waals surface area contributed by atoms with E-state index in [9.17, 15) is 9.18 Å². The minimum atomic E-state index is -0.383.